The van der Waals surface area contributed by atoms with Crippen LogP contribution in [-0.4, -0.2) is 21.1 Å². The molecule has 0 unspecified atom stereocenters. The molecule has 25 heavy (non-hydrogen) atoms. The Hall–Kier alpha value is -2.51. The summed E-state index contributed by atoms with van der Waals surface area (Å²) >= 11 is 6.22. The molecule has 0 saturated carbocycles. The average Bonchev–Trinajstić information content (AvgIpc) is 2.83. The van der Waals surface area contributed by atoms with Gasteiger partial charge in [-0.05, 0) is 41.6 Å². The van der Waals surface area contributed by atoms with Gasteiger partial charge in [-0.1, -0.05) is 54.2 Å². The first-order valence-corrected chi connectivity index (χ1v) is 8.62. The van der Waals surface area contributed by atoms with E-state index in [1.807, 2.05) is 30.3 Å². The predicted molar refractivity (Wildman–Crippen MR) is 99.7 cm³/mol. The van der Waals surface area contributed by atoms with Gasteiger partial charge in [-0.15, -0.1) is 0 Å². The van der Waals surface area contributed by atoms with Crippen LogP contribution in [0, 0.1) is 5.82 Å². The first kappa shape index (κ1) is 17.3. The highest BCUT2D eigenvalue weighted by molar-refractivity contribution is 8.26. The van der Waals surface area contributed by atoms with Crippen molar-refractivity contribution in [3.05, 3.63) is 76.4 Å². The number of amides is 2. The Kier molecular flexibility index (Phi) is 5.25. The second-order valence-corrected chi connectivity index (χ2v) is 6.95. The van der Waals surface area contributed by atoms with Gasteiger partial charge in [-0.25, -0.2) is 4.39 Å². The minimum Gasteiger partial charge on any atom is -0.273 e. The van der Waals surface area contributed by atoms with Gasteiger partial charge in [0, 0.05) is 0 Å². The third kappa shape index (κ3) is 4.32. The van der Waals surface area contributed by atoms with E-state index in [0.29, 0.717) is 10.5 Å². The molecule has 4 nitrogen and oxygen atoms in total. The number of nitrogens with zero attached hydrogens (tertiary/aromatic N) is 1. The molecule has 2 aromatic carbocycles. The Labute approximate surface area is 153 Å². The topological polar surface area (TPSA) is 49.4 Å². The standard InChI is InChI=1S/C18H13FN2O2S2/c19-14-8-4-7-13(9-14)10-15-17(23)21(18(24)25-15)20-16(22)11-12-5-2-1-3-6-12/h1-10H,11H2,(H,20,22). The van der Waals surface area contributed by atoms with Gasteiger partial charge < -0.3 is 0 Å². The molecule has 1 aliphatic rings. The summed E-state index contributed by atoms with van der Waals surface area (Å²) in [5.74, 6) is -1.16. The molecule has 1 aliphatic heterocycles. The molecule has 7 heteroatoms. The number of halogens is 1. The van der Waals surface area contributed by atoms with Crippen LogP contribution in [0.15, 0.2) is 59.5 Å². The molecule has 0 bridgehead atoms. The zero-order chi connectivity index (χ0) is 17.8. The van der Waals surface area contributed by atoms with Crippen LogP contribution in [0.25, 0.3) is 6.08 Å². The Morgan fingerprint density at radius 1 is 1.20 bits per heavy atom. The maximum Gasteiger partial charge on any atom is 0.285 e. The van der Waals surface area contributed by atoms with E-state index in [2.05, 4.69) is 5.43 Å². The SMILES string of the molecule is O=C(Cc1ccccc1)NN1C(=O)C(=Cc2cccc(F)c2)SC1=S. The average molecular weight is 372 g/mol. The summed E-state index contributed by atoms with van der Waals surface area (Å²) in [5.41, 5.74) is 3.91. The Morgan fingerprint density at radius 3 is 2.68 bits per heavy atom. The zero-order valence-corrected chi connectivity index (χ0v) is 14.6. The Morgan fingerprint density at radius 2 is 1.96 bits per heavy atom. The summed E-state index contributed by atoms with van der Waals surface area (Å²) < 4.78 is 13.5. The van der Waals surface area contributed by atoms with Crippen LogP contribution in [-0.2, 0) is 16.0 Å². The van der Waals surface area contributed by atoms with Gasteiger partial charge in [0.1, 0.15) is 5.82 Å². The fourth-order valence-corrected chi connectivity index (χ4v) is 3.44. The summed E-state index contributed by atoms with van der Waals surface area (Å²) in [6.45, 7) is 0. The van der Waals surface area contributed by atoms with E-state index in [4.69, 9.17) is 12.2 Å². The molecule has 0 atom stereocenters. The maximum absolute atomic E-state index is 13.3. The van der Waals surface area contributed by atoms with Gasteiger partial charge in [-0.3, -0.25) is 15.0 Å². The predicted octanol–water partition coefficient (Wildman–Crippen LogP) is 3.30. The van der Waals surface area contributed by atoms with Crippen molar-refractivity contribution >= 4 is 46.2 Å². The number of nitrogens with one attached hydrogen (secondary N) is 1. The van der Waals surface area contributed by atoms with Gasteiger partial charge >= 0.3 is 0 Å². The summed E-state index contributed by atoms with van der Waals surface area (Å²) in [4.78, 5) is 24.9. The van der Waals surface area contributed by atoms with E-state index >= 15 is 0 Å². The summed E-state index contributed by atoms with van der Waals surface area (Å²) in [5, 5.41) is 1.05. The molecule has 1 N–H and O–H groups in total. The molecule has 126 valence electrons. The highest BCUT2D eigenvalue weighted by Gasteiger charge is 2.33. The van der Waals surface area contributed by atoms with E-state index in [-0.39, 0.29) is 22.5 Å². The molecule has 1 heterocycles. The quantitative estimate of drug-likeness (QED) is 0.661. The minimum atomic E-state index is -0.430. The van der Waals surface area contributed by atoms with Gasteiger partial charge in [0.05, 0.1) is 11.3 Å². The van der Waals surface area contributed by atoms with Crippen molar-refractivity contribution in [3.8, 4) is 0 Å². The second kappa shape index (κ2) is 7.58. The second-order valence-electron chi connectivity index (χ2n) is 5.27. The third-order valence-corrected chi connectivity index (χ3v) is 4.69. The largest absolute Gasteiger partial charge is 0.285 e. The molecule has 1 saturated heterocycles. The molecule has 0 aliphatic carbocycles. The van der Waals surface area contributed by atoms with Crippen LogP contribution >= 0.6 is 24.0 Å². The third-order valence-electron chi connectivity index (χ3n) is 3.38. The summed E-state index contributed by atoms with van der Waals surface area (Å²) in [7, 11) is 0. The van der Waals surface area contributed by atoms with Crippen molar-refractivity contribution in [2.24, 2.45) is 0 Å². The molecular weight excluding hydrogens is 359 g/mol. The number of thioether (sulfide) groups is 1. The van der Waals surface area contributed by atoms with Crippen LogP contribution in [0.2, 0.25) is 0 Å². The molecule has 2 aromatic rings. The van der Waals surface area contributed by atoms with E-state index in [1.165, 1.54) is 12.1 Å². The highest BCUT2D eigenvalue weighted by Crippen LogP contribution is 2.31. The van der Waals surface area contributed by atoms with Gasteiger partial charge in [-0.2, -0.15) is 5.01 Å². The summed E-state index contributed by atoms with van der Waals surface area (Å²) in [6.07, 6.45) is 1.69. The molecule has 1 fully saturated rings. The van der Waals surface area contributed by atoms with Crippen LogP contribution in [0.3, 0.4) is 0 Å². The van der Waals surface area contributed by atoms with E-state index in [9.17, 15) is 14.0 Å². The van der Waals surface area contributed by atoms with Crippen LogP contribution in [0.4, 0.5) is 4.39 Å². The van der Waals surface area contributed by atoms with Crippen molar-refractivity contribution in [1.82, 2.24) is 10.4 Å². The van der Waals surface area contributed by atoms with Gasteiger partial charge in [0.15, 0.2) is 4.32 Å². The van der Waals surface area contributed by atoms with Crippen LogP contribution in [0.5, 0.6) is 0 Å². The maximum atomic E-state index is 13.3. The molecule has 0 radical (unpaired) electrons. The lowest BCUT2D eigenvalue weighted by Crippen LogP contribution is -2.45. The van der Waals surface area contributed by atoms with Gasteiger partial charge in [0.25, 0.3) is 5.91 Å². The molecule has 0 aromatic heterocycles. The van der Waals surface area contributed by atoms with Crippen molar-refractivity contribution < 1.29 is 14.0 Å². The van der Waals surface area contributed by atoms with Crippen LogP contribution in [0.1, 0.15) is 11.1 Å². The molecule has 2 amide bonds. The van der Waals surface area contributed by atoms with Crippen LogP contribution < -0.4 is 5.43 Å². The van der Waals surface area contributed by atoms with E-state index in [0.717, 1.165) is 22.3 Å². The molecule has 0 spiro atoms. The van der Waals surface area contributed by atoms with E-state index < -0.39 is 5.91 Å². The van der Waals surface area contributed by atoms with E-state index in [1.54, 1.807) is 18.2 Å². The number of carbonyl (C=O) groups is 2. The Bertz CT molecular complexity index is 868. The fraction of sp³-hybridized carbons (Fsp3) is 0.0556. The molecule has 3 rings (SSSR count). The monoisotopic (exact) mass is 372 g/mol. The number of hydrogen-bond donors (Lipinski definition) is 1. The van der Waals surface area contributed by atoms with Crippen molar-refractivity contribution in [2.45, 2.75) is 6.42 Å². The van der Waals surface area contributed by atoms with Gasteiger partial charge in [0.2, 0.25) is 5.91 Å². The number of hydrogen-bond acceptors (Lipinski definition) is 4. The van der Waals surface area contributed by atoms with Crippen molar-refractivity contribution in [3.63, 3.8) is 0 Å². The smallest absolute Gasteiger partial charge is 0.273 e. The van der Waals surface area contributed by atoms with Crippen molar-refractivity contribution in [2.75, 3.05) is 0 Å². The fourth-order valence-electron chi connectivity index (χ4n) is 2.26. The summed E-state index contributed by atoms with van der Waals surface area (Å²) in [6, 6.07) is 15.1. The number of benzene rings is 2. The first-order chi connectivity index (χ1) is 12.0. The lowest BCUT2D eigenvalue weighted by molar-refractivity contribution is -0.132. The van der Waals surface area contributed by atoms with Crippen molar-refractivity contribution in [1.29, 1.82) is 0 Å². The lowest BCUT2D eigenvalue weighted by Gasteiger charge is -2.15. The number of hydrazine groups is 1. The zero-order valence-electron chi connectivity index (χ0n) is 12.9. The lowest BCUT2D eigenvalue weighted by atomic mass is 10.1. The highest BCUT2D eigenvalue weighted by atomic mass is 32.2. The first-order valence-electron chi connectivity index (χ1n) is 7.40. The number of thiocarbonyl (C=S) groups is 1. The minimum absolute atomic E-state index is 0.140. The normalized spacial score (nSPS) is 15.7. The number of carbonyl (C=O) groups excluding carboxylic acids is 2. The molecular formula is C18H13FN2O2S2. The Balaban J connectivity index is 1.70. The number of rotatable bonds is 4.